The highest BCUT2D eigenvalue weighted by molar-refractivity contribution is 6.11. The molecule has 1 aromatic rings. The van der Waals surface area contributed by atoms with Crippen molar-refractivity contribution in [1.29, 1.82) is 0 Å². The van der Waals surface area contributed by atoms with Gasteiger partial charge in [-0.3, -0.25) is 0 Å². The maximum absolute atomic E-state index is 12.7. The molecule has 0 aliphatic carbocycles. The summed E-state index contributed by atoms with van der Waals surface area (Å²) >= 11 is 0. The van der Waals surface area contributed by atoms with Crippen molar-refractivity contribution in [3.63, 3.8) is 0 Å². The summed E-state index contributed by atoms with van der Waals surface area (Å²) in [6.07, 6.45) is -1.81. The number of nitrogens with zero attached hydrogens (tertiary/aromatic N) is 1. The molecule has 2 N–H and O–H groups in total. The van der Waals surface area contributed by atoms with Crippen molar-refractivity contribution < 1.29 is 28.5 Å². The van der Waals surface area contributed by atoms with Crippen molar-refractivity contribution in [1.82, 2.24) is 0 Å². The molecule has 0 aliphatic heterocycles. The number of anilines is 2. The third-order valence-corrected chi connectivity index (χ3v) is 2.92. The van der Waals surface area contributed by atoms with Crippen LogP contribution in [0.4, 0.5) is 21.0 Å². The fraction of sp³-hybridized carbons (Fsp3) is 0.556. The molecule has 0 aliphatic rings. The van der Waals surface area contributed by atoms with Crippen LogP contribution in [0.5, 0.6) is 11.5 Å². The van der Waals surface area contributed by atoms with E-state index in [1.54, 1.807) is 41.5 Å². The molecule has 0 saturated heterocycles. The van der Waals surface area contributed by atoms with Gasteiger partial charge in [-0.2, -0.15) is 4.90 Å². The zero-order valence-corrected chi connectivity index (χ0v) is 16.6. The Bertz CT molecular complexity index is 645. The summed E-state index contributed by atoms with van der Waals surface area (Å²) in [7, 11) is 2.82. The summed E-state index contributed by atoms with van der Waals surface area (Å²) < 4.78 is 21.2. The highest BCUT2D eigenvalue weighted by Crippen LogP contribution is 2.38. The Morgan fingerprint density at radius 3 is 1.62 bits per heavy atom. The van der Waals surface area contributed by atoms with Gasteiger partial charge < -0.3 is 24.7 Å². The SMILES string of the molecule is COc1cc(N(C(=O)OC(C)(C)C)C(=O)OC(C)(C)C)c(OC)cc1N. The van der Waals surface area contributed by atoms with Crippen molar-refractivity contribution in [2.45, 2.75) is 52.7 Å². The van der Waals surface area contributed by atoms with Gasteiger partial charge in [0.2, 0.25) is 0 Å². The zero-order chi connectivity index (χ0) is 20.3. The quantitative estimate of drug-likeness (QED) is 0.806. The van der Waals surface area contributed by atoms with Gasteiger partial charge in [-0.15, -0.1) is 0 Å². The fourth-order valence-electron chi connectivity index (χ4n) is 1.97. The lowest BCUT2D eigenvalue weighted by molar-refractivity contribution is 0.0429. The number of carbonyl (C=O) groups excluding carboxylic acids is 2. The molecule has 146 valence electrons. The van der Waals surface area contributed by atoms with Crippen molar-refractivity contribution in [3.8, 4) is 11.5 Å². The highest BCUT2D eigenvalue weighted by Gasteiger charge is 2.35. The lowest BCUT2D eigenvalue weighted by Crippen LogP contribution is -2.44. The number of nitrogen functional groups attached to an aromatic ring is 1. The van der Waals surface area contributed by atoms with Gasteiger partial charge in [0.1, 0.15) is 28.4 Å². The van der Waals surface area contributed by atoms with Crippen molar-refractivity contribution in [2.75, 3.05) is 24.9 Å². The van der Waals surface area contributed by atoms with Crippen LogP contribution in [0.2, 0.25) is 0 Å². The third kappa shape index (κ3) is 5.72. The Morgan fingerprint density at radius 2 is 1.27 bits per heavy atom. The van der Waals surface area contributed by atoms with E-state index in [1.807, 2.05) is 0 Å². The Hall–Kier alpha value is -2.64. The van der Waals surface area contributed by atoms with Crippen LogP contribution in [0, 0.1) is 0 Å². The minimum Gasteiger partial charge on any atom is -0.495 e. The monoisotopic (exact) mass is 368 g/mol. The van der Waals surface area contributed by atoms with E-state index in [2.05, 4.69) is 0 Å². The minimum atomic E-state index is -0.906. The molecule has 0 atom stereocenters. The molecule has 0 heterocycles. The van der Waals surface area contributed by atoms with Crippen LogP contribution in [0.15, 0.2) is 12.1 Å². The number of hydrogen-bond donors (Lipinski definition) is 1. The number of hydrogen-bond acceptors (Lipinski definition) is 7. The Labute approximate surface area is 154 Å². The third-order valence-electron chi connectivity index (χ3n) is 2.92. The summed E-state index contributed by atoms with van der Waals surface area (Å²) in [4.78, 5) is 26.2. The number of ether oxygens (including phenoxy) is 4. The Morgan fingerprint density at radius 1 is 0.846 bits per heavy atom. The second kappa shape index (κ2) is 7.72. The van der Waals surface area contributed by atoms with Crippen LogP contribution < -0.4 is 20.1 Å². The number of benzene rings is 1. The fourth-order valence-corrected chi connectivity index (χ4v) is 1.97. The predicted molar refractivity (Wildman–Crippen MR) is 98.9 cm³/mol. The van der Waals surface area contributed by atoms with E-state index in [9.17, 15) is 9.59 Å². The van der Waals surface area contributed by atoms with Gasteiger partial charge in [0.15, 0.2) is 0 Å². The average Bonchev–Trinajstić information content (AvgIpc) is 2.44. The van der Waals surface area contributed by atoms with E-state index in [0.717, 1.165) is 4.90 Å². The second-order valence-corrected chi connectivity index (χ2v) is 7.56. The number of amides is 2. The predicted octanol–water partition coefficient (Wildman–Crippen LogP) is 3.96. The van der Waals surface area contributed by atoms with Crippen LogP contribution in [0.3, 0.4) is 0 Å². The largest absolute Gasteiger partial charge is 0.495 e. The molecule has 8 nitrogen and oxygen atoms in total. The molecule has 0 saturated carbocycles. The van der Waals surface area contributed by atoms with E-state index < -0.39 is 23.4 Å². The summed E-state index contributed by atoms with van der Waals surface area (Å²) in [5.41, 5.74) is 4.63. The van der Waals surface area contributed by atoms with E-state index >= 15 is 0 Å². The van der Waals surface area contributed by atoms with Crippen LogP contribution in [0.25, 0.3) is 0 Å². The molecule has 0 spiro atoms. The second-order valence-electron chi connectivity index (χ2n) is 7.56. The molecular weight excluding hydrogens is 340 g/mol. The topological polar surface area (TPSA) is 100 Å². The number of imide groups is 1. The van der Waals surface area contributed by atoms with E-state index in [1.165, 1.54) is 26.4 Å². The summed E-state index contributed by atoms with van der Waals surface area (Å²) in [6.45, 7) is 10.2. The first-order chi connectivity index (χ1) is 11.8. The van der Waals surface area contributed by atoms with Crippen LogP contribution in [0.1, 0.15) is 41.5 Å². The van der Waals surface area contributed by atoms with Crippen LogP contribution in [-0.4, -0.2) is 37.6 Å². The Kier molecular flexibility index (Phi) is 6.35. The first-order valence-corrected chi connectivity index (χ1v) is 8.06. The normalized spacial score (nSPS) is 11.5. The lowest BCUT2D eigenvalue weighted by atomic mass is 10.2. The summed E-state index contributed by atoms with van der Waals surface area (Å²) in [5.74, 6) is 0.470. The van der Waals surface area contributed by atoms with Crippen molar-refractivity contribution in [3.05, 3.63) is 12.1 Å². The van der Waals surface area contributed by atoms with Gasteiger partial charge in [0.25, 0.3) is 0 Å². The molecule has 0 unspecified atom stereocenters. The van der Waals surface area contributed by atoms with Crippen LogP contribution in [-0.2, 0) is 9.47 Å². The number of rotatable bonds is 3. The molecule has 1 rings (SSSR count). The summed E-state index contributed by atoms with van der Waals surface area (Å²) in [6, 6.07) is 2.87. The smallest absolute Gasteiger partial charge is 0.424 e. The Balaban J connectivity index is 3.49. The number of carbonyl (C=O) groups is 2. The average molecular weight is 368 g/mol. The van der Waals surface area contributed by atoms with Gasteiger partial charge in [-0.1, -0.05) is 0 Å². The van der Waals surface area contributed by atoms with Gasteiger partial charge in [0, 0.05) is 12.1 Å². The lowest BCUT2D eigenvalue weighted by Gasteiger charge is -2.29. The number of nitrogens with two attached hydrogens (primary N) is 1. The minimum absolute atomic E-state index is 0.0991. The maximum Gasteiger partial charge on any atom is 0.424 e. The van der Waals surface area contributed by atoms with Crippen molar-refractivity contribution >= 4 is 23.6 Å². The molecule has 1 aromatic carbocycles. The molecule has 8 heteroatoms. The molecule has 2 amide bonds. The van der Waals surface area contributed by atoms with Gasteiger partial charge >= 0.3 is 12.2 Å². The highest BCUT2D eigenvalue weighted by atomic mass is 16.6. The molecule has 0 fully saturated rings. The molecule has 26 heavy (non-hydrogen) atoms. The maximum atomic E-state index is 12.7. The molecule has 0 aromatic heterocycles. The van der Waals surface area contributed by atoms with E-state index in [-0.39, 0.29) is 17.2 Å². The molecule has 0 bridgehead atoms. The zero-order valence-electron chi connectivity index (χ0n) is 16.6. The molecule has 0 radical (unpaired) electrons. The van der Waals surface area contributed by atoms with E-state index in [4.69, 9.17) is 24.7 Å². The van der Waals surface area contributed by atoms with Crippen molar-refractivity contribution in [2.24, 2.45) is 0 Å². The number of methoxy groups -OCH3 is 2. The van der Waals surface area contributed by atoms with Gasteiger partial charge in [-0.05, 0) is 41.5 Å². The summed E-state index contributed by atoms with van der Waals surface area (Å²) in [5, 5.41) is 0. The van der Waals surface area contributed by atoms with Gasteiger partial charge in [-0.25, -0.2) is 9.59 Å². The van der Waals surface area contributed by atoms with Crippen LogP contribution >= 0.6 is 0 Å². The first-order valence-electron chi connectivity index (χ1n) is 8.06. The first kappa shape index (κ1) is 21.4. The standard InChI is InChI=1S/C18H28N2O6/c1-17(2,3)25-15(21)20(16(22)26-18(4,5)6)12-10-13(23-7)11(19)9-14(12)24-8/h9-10H,19H2,1-8H3. The van der Waals surface area contributed by atoms with E-state index in [0.29, 0.717) is 5.69 Å². The molecular formula is C18H28N2O6. The van der Waals surface area contributed by atoms with Gasteiger partial charge in [0.05, 0.1) is 19.9 Å².